The molecule has 2 aromatic carbocycles. The number of hydrogen-bond acceptors (Lipinski definition) is 6. The Morgan fingerprint density at radius 3 is 2.78 bits per heavy atom. The van der Waals surface area contributed by atoms with E-state index in [1.54, 1.807) is 6.07 Å². The van der Waals surface area contributed by atoms with Crippen LogP contribution in [-0.2, 0) is 0 Å². The molecule has 0 bridgehead atoms. The molecule has 1 amide bonds. The first-order valence-electron chi connectivity index (χ1n) is 9.99. The molecule has 0 unspecified atom stereocenters. The van der Waals surface area contributed by atoms with Gasteiger partial charge in [0.05, 0.1) is 23.6 Å². The molecule has 162 valence electrons. The first-order valence-corrected chi connectivity index (χ1v) is 11.2. The first kappa shape index (κ1) is 20.5. The lowest BCUT2D eigenvalue weighted by Crippen LogP contribution is -2.33. The zero-order chi connectivity index (χ0) is 22.2. The average Bonchev–Trinajstić information content (AvgIpc) is 2.96. The van der Waals surface area contributed by atoms with Crippen molar-refractivity contribution >= 4 is 39.1 Å². The molecule has 0 atom stereocenters. The van der Waals surface area contributed by atoms with E-state index < -0.39 is 5.91 Å². The maximum absolute atomic E-state index is 13.3. The highest BCUT2D eigenvalue weighted by Crippen LogP contribution is 2.38. The first-order chi connectivity index (χ1) is 15.5. The minimum absolute atomic E-state index is 0.246. The van der Waals surface area contributed by atoms with Crippen LogP contribution in [0.3, 0.4) is 0 Å². The third kappa shape index (κ3) is 3.61. The van der Waals surface area contributed by atoms with Crippen LogP contribution in [-0.4, -0.2) is 28.8 Å². The molecule has 9 heteroatoms. The molecule has 1 aliphatic heterocycles. The van der Waals surface area contributed by atoms with Gasteiger partial charge in [-0.15, -0.1) is 11.3 Å². The highest BCUT2D eigenvalue weighted by Gasteiger charge is 2.21. The Hall–Kier alpha value is -3.36. The summed E-state index contributed by atoms with van der Waals surface area (Å²) < 4.78 is 12.4. The Balaban J connectivity index is 1.53. The van der Waals surface area contributed by atoms with Crippen molar-refractivity contribution in [3.63, 3.8) is 0 Å². The molecule has 4 aromatic rings. The van der Waals surface area contributed by atoms with E-state index in [4.69, 9.17) is 21.1 Å². The molecule has 3 heterocycles. The van der Waals surface area contributed by atoms with Gasteiger partial charge in [0.2, 0.25) is 0 Å². The lowest BCUT2D eigenvalue weighted by Gasteiger charge is -2.12. The van der Waals surface area contributed by atoms with Gasteiger partial charge in [-0.25, -0.2) is 9.66 Å². The number of amides is 1. The van der Waals surface area contributed by atoms with Crippen molar-refractivity contribution in [1.82, 2.24) is 9.66 Å². The number of hydrogen-bond donors (Lipinski definition) is 1. The molecule has 2 aromatic heterocycles. The Labute approximate surface area is 192 Å². The highest BCUT2D eigenvalue weighted by atomic mass is 35.5. The summed E-state index contributed by atoms with van der Waals surface area (Å²) in [5.41, 5.74) is 4.25. The zero-order valence-corrected chi connectivity index (χ0v) is 18.6. The van der Waals surface area contributed by atoms with Crippen molar-refractivity contribution in [2.45, 2.75) is 13.3 Å². The quantitative estimate of drug-likeness (QED) is 0.475. The normalized spacial score (nSPS) is 13.1. The molecule has 0 fully saturated rings. The Kier molecular flexibility index (Phi) is 5.32. The Morgan fingerprint density at radius 2 is 1.97 bits per heavy atom. The SMILES string of the molecule is Cc1sc2ncn(NC(=O)c3cc(Cl)c4c(c3)OCCCO4)c(=O)c2c1-c1ccccc1. The number of benzene rings is 2. The lowest BCUT2D eigenvalue weighted by atomic mass is 10.0. The van der Waals surface area contributed by atoms with Crippen LogP contribution in [0.4, 0.5) is 0 Å². The van der Waals surface area contributed by atoms with E-state index in [1.807, 2.05) is 37.3 Å². The Morgan fingerprint density at radius 1 is 1.19 bits per heavy atom. The number of fused-ring (bicyclic) bond motifs is 2. The minimum Gasteiger partial charge on any atom is -0.489 e. The van der Waals surface area contributed by atoms with Crippen LogP contribution < -0.4 is 20.5 Å². The molecule has 0 radical (unpaired) electrons. The van der Waals surface area contributed by atoms with Crippen LogP contribution in [0.1, 0.15) is 21.7 Å². The van der Waals surface area contributed by atoms with Gasteiger partial charge in [-0.05, 0) is 24.6 Å². The number of nitrogens with one attached hydrogen (secondary N) is 1. The summed E-state index contributed by atoms with van der Waals surface area (Å²) in [4.78, 5) is 32.2. The number of halogens is 1. The van der Waals surface area contributed by atoms with E-state index in [2.05, 4.69) is 10.4 Å². The summed E-state index contributed by atoms with van der Waals surface area (Å²) in [5.74, 6) is 0.308. The van der Waals surface area contributed by atoms with Crippen molar-refractivity contribution in [2.75, 3.05) is 18.6 Å². The number of ether oxygens (including phenoxy) is 2. The number of carbonyl (C=O) groups is 1. The predicted octanol–water partition coefficient (Wildman–Crippen LogP) is 4.63. The van der Waals surface area contributed by atoms with Crippen LogP contribution in [0.25, 0.3) is 21.3 Å². The maximum atomic E-state index is 13.3. The van der Waals surface area contributed by atoms with Crippen molar-refractivity contribution in [3.05, 3.63) is 74.6 Å². The highest BCUT2D eigenvalue weighted by molar-refractivity contribution is 7.19. The standard InChI is InChI=1S/C23H18ClN3O4S/c1-13-18(14-6-3-2-4-7-14)19-22(32-13)25-12-27(23(19)29)26-21(28)15-10-16(24)20-17(11-15)30-8-5-9-31-20/h2-4,6-7,10-12H,5,8-9H2,1H3,(H,26,28). The molecule has 0 spiro atoms. The van der Waals surface area contributed by atoms with Crippen molar-refractivity contribution in [1.29, 1.82) is 0 Å². The summed E-state index contributed by atoms with van der Waals surface area (Å²) >= 11 is 7.75. The summed E-state index contributed by atoms with van der Waals surface area (Å²) in [5, 5.41) is 0.744. The number of nitrogens with zero attached hydrogens (tertiary/aromatic N) is 2. The minimum atomic E-state index is -0.515. The Bertz CT molecular complexity index is 1400. The average molecular weight is 468 g/mol. The summed E-state index contributed by atoms with van der Waals surface area (Å²) in [7, 11) is 0. The van der Waals surface area contributed by atoms with Gasteiger partial charge in [0.25, 0.3) is 11.5 Å². The molecule has 1 aliphatic rings. The van der Waals surface area contributed by atoms with Crippen molar-refractivity contribution in [3.8, 4) is 22.6 Å². The van der Waals surface area contributed by atoms with Crippen molar-refractivity contribution < 1.29 is 14.3 Å². The predicted molar refractivity (Wildman–Crippen MR) is 125 cm³/mol. The molecule has 1 N–H and O–H groups in total. The maximum Gasteiger partial charge on any atom is 0.281 e. The monoisotopic (exact) mass is 467 g/mol. The molecule has 0 saturated carbocycles. The van der Waals surface area contributed by atoms with E-state index >= 15 is 0 Å². The van der Waals surface area contributed by atoms with Gasteiger partial charge in [-0.2, -0.15) is 0 Å². The van der Waals surface area contributed by atoms with Crippen LogP contribution in [0.5, 0.6) is 11.5 Å². The van der Waals surface area contributed by atoms with E-state index in [0.717, 1.165) is 27.1 Å². The fourth-order valence-electron chi connectivity index (χ4n) is 3.67. The summed E-state index contributed by atoms with van der Waals surface area (Å²) in [6.07, 6.45) is 2.04. The largest absolute Gasteiger partial charge is 0.489 e. The van der Waals surface area contributed by atoms with Gasteiger partial charge < -0.3 is 9.47 Å². The molecule has 5 rings (SSSR count). The molecule has 32 heavy (non-hydrogen) atoms. The molecule has 0 saturated heterocycles. The van der Waals surface area contributed by atoms with Crippen LogP contribution in [0, 0.1) is 6.92 Å². The third-order valence-corrected chi connectivity index (χ3v) is 6.43. The van der Waals surface area contributed by atoms with Gasteiger partial charge in [0.15, 0.2) is 11.5 Å². The van der Waals surface area contributed by atoms with E-state index in [0.29, 0.717) is 34.9 Å². The number of rotatable bonds is 3. The topological polar surface area (TPSA) is 82.5 Å². The number of thiophene rings is 1. The van der Waals surface area contributed by atoms with Crippen LogP contribution in [0.2, 0.25) is 5.02 Å². The summed E-state index contributed by atoms with van der Waals surface area (Å²) in [6.45, 7) is 2.91. The molecular weight excluding hydrogens is 450 g/mol. The fourth-order valence-corrected chi connectivity index (χ4v) is 4.94. The molecule has 7 nitrogen and oxygen atoms in total. The second-order valence-electron chi connectivity index (χ2n) is 7.28. The number of aryl methyl sites for hydroxylation is 1. The van der Waals surface area contributed by atoms with Crippen molar-refractivity contribution in [2.24, 2.45) is 0 Å². The third-order valence-electron chi connectivity index (χ3n) is 5.14. The van der Waals surface area contributed by atoms with E-state index in [-0.39, 0.29) is 16.1 Å². The van der Waals surface area contributed by atoms with Gasteiger partial charge in [-0.3, -0.25) is 15.0 Å². The second kappa shape index (κ2) is 8.29. The van der Waals surface area contributed by atoms with E-state index in [1.165, 1.54) is 23.7 Å². The zero-order valence-electron chi connectivity index (χ0n) is 17.1. The van der Waals surface area contributed by atoms with Gasteiger partial charge >= 0.3 is 0 Å². The second-order valence-corrected chi connectivity index (χ2v) is 8.89. The van der Waals surface area contributed by atoms with Gasteiger partial charge in [-0.1, -0.05) is 41.9 Å². The van der Waals surface area contributed by atoms with Gasteiger partial charge in [0.1, 0.15) is 11.2 Å². The lowest BCUT2D eigenvalue weighted by molar-refractivity contribution is 0.101. The molecule has 0 aliphatic carbocycles. The van der Waals surface area contributed by atoms with Gasteiger partial charge in [0, 0.05) is 22.4 Å². The van der Waals surface area contributed by atoms with E-state index in [9.17, 15) is 9.59 Å². The van der Waals surface area contributed by atoms with Crippen LogP contribution >= 0.6 is 22.9 Å². The van der Waals surface area contributed by atoms with Crippen LogP contribution in [0.15, 0.2) is 53.6 Å². The summed E-state index contributed by atoms with van der Waals surface area (Å²) in [6, 6.07) is 12.7. The number of carbonyl (C=O) groups excluding carboxylic acids is 1. The number of aromatic nitrogens is 2. The smallest absolute Gasteiger partial charge is 0.281 e. The fraction of sp³-hybridized carbons (Fsp3) is 0.174. The molecular formula is C23H18ClN3O4S.